The summed E-state index contributed by atoms with van der Waals surface area (Å²) in [6.45, 7) is 6.57. The third-order valence-electron chi connectivity index (χ3n) is 5.52. The summed E-state index contributed by atoms with van der Waals surface area (Å²) in [6.07, 6.45) is 8.49. The maximum Gasteiger partial charge on any atom is 0.183 e. The summed E-state index contributed by atoms with van der Waals surface area (Å²) in [4.78, 5) is 15.3. The summed E-state index contributed by atoms with van der Waals surface area (Å²) >= 11 is 3.42. The summed E-state index contributed by atoms with van der Waals surface area (Å²) in [5.41, 5.74) is 1.42. The van der Waals surface area contributed by atoms with E-state index in [1.54, 1.807) is 0 Å². The first-order valence-corrected chi connectivity index (χ1v) is 11.7. The van der Waals surface area contributed by atoms with Crippen molar-refractivity contribution in [1.82, 2.24) is 4.90 Å². The van der Waals surface area contributed by atoms with Crippen LogP contribution in [-0.2, 0) is 6.42 Å². The molecule has 2 rings (SSSR count). The molecule has 160 valence electrons. The van der Waals surface area contributed by atoms with Crippen LogP contribution in [0, 0.1) is 0 Å². The van der Waals surface area contributed by atoms with Crippen LogP contribution in [0.5, 0.6) is 0 Å². The van der Waals surface area contributed by atoms with Crippen molar-refractivity contribution in [2.24, 2.45) is 0 Å². The van der Waals surface area contributed by atoms with E-state index < -0.39 is 5.54 Å². The lowest BCUT2D eigenvalue weighted by Crippen LogP contribution is -2.52. The van der Waals surface area contributed by atoms with Gasteiger partial charge in [0, 0.05) is 10.0 Å². The first-order valence-electron chi connectivity index (χ1n) is 10.9. The second kappa shape index (κ2) is 13.7. The molecule has 2 nitrogen and oxygen atoms in total. The average molecular weight is 461 g/mol. The summed E-state index contributed by atoms with van der Waals surface area (Å²) in [5.74, 6) is 0.177. The quantitative estimate of drug-likeness (QED) is 0.269. The Balaban J connectivity index is 0.000000516. The van der Waals surface area contributed by atoms with E-state index in [0.29, 0.717) is 6.42 Å². The van der Waals surface area contributed by atoms with Gasteiger partial charge in [-0.05, 0) is 44.6 Å². The molecule has 29 heavy (non-hydrogen) atoms. The fourth-order valence-corrected chi connectivity index (χ4v) is 3.79. The van der Waals surface area contributed by atoms with Crippen LogP contribution in [0.15, 0.2) is 59.1 Å². The monoisotopic (exact) mass is 459 g/mol. The van der Waals surface area contributed by atoms with Crippen molar-refractivity contribution in [2.75, 3.05) is 14.1 Å². The van der Waals surface area contributed by atoms with Gasteiger partial charge in [0.2, 0.25) is 0 Å². The van der Waals surface area contributed by atoms with Gasteiger partial charge in [0.1, 0.15) is 0 Å². The predicted molar refractivity (Wildman–Crippen MR) is 130 cm³/mol. The molecule has 0 aliphatic heterocycles. The molecule has 0 spiro atoms. The summed E-state index contributed by atoms with van der Waals surface area (Å²) in [7, 11) is 3.98. The fraction of sp³-hybridized carbons (Fsp3) is 0.500. The van der Waals surface area contributed by atoms with E-state index in [4.69, 9.17) is 0 Å². The zero-order valence-electron chi connectivity index (χ0n) is 18.9. The van der Waals surface area contributed by atoms with Crippen LogP contribution in [0.1, 0.15) is 75.2 Å². The summed E-state index contributed by atoms with van der Waals surface area (Å²) in [6, 6.07) is 17.9. The molecule has 0 N–H and O–H groups in total. The smallest absolute Gasteiger partial charge is 0.183 e. The fourth-order valence-electron chi connectivity index (χ4n) is 3.52. The second-order valence-corrected chi connectivity index (χ2v) is 8.75. The van der Waals surface area contributed by atoms with Crippen molar-refractivity contribution in [3.63, 3.8) is 0 Å². The van der Waals surface area contributed by atoms with Crippen LogP contribution in [0.3, 0.4) is 0 Å². The van der Waals surface area contributed by atoms with Crippen molar-refractivity contribution in [3.8, 4) is 0 Å². The van der Waals surface area contributed by atoms with E-state index in [-0.39, 0.29) is 5.78 Å². The molecule has 0 aromatic heterocycles. The highest BCUT2D eigenvalue weighted by Gasteiger charge is 2.39. The van der Waals surface area contributed by atoms with Gasteiger partial charge in [0.05, 0.1) is 5.54 Å². The van der Waals surface area contributed by atoms with Gasteiger partial charge in [-0.2, -0.15) is 0 Å². The number of carbonyl (C=O) groups is 1. The number of carbonyl (C=O) groups excluding carboxylic acids is 1. The number of hydrogen-bond acceptors (Lipinski definition) is 2. The van der Waals surface area contributed by atoms with E-state index in [1.165, 1.54) is 37.7 Å². The highest BCUT2D eigenvalue weighted by molar-refractivity contribution is 9.10. The lowest BCUT2D eigenvalue weighted by molar-refractivity contribution is 0.0666. The maximum absolute atomic E-state index is 13.2. The lowest BCUT2D eigenvalue weighted by atomic mass is 9.80. The van der Waals surface area contributed by atoms with E-state index in [1.807, 2.05) is 56.6 Å². The number of hydrogen-bond donors (Lipinski definition) is 0. The molecule has 0 aliphatic carbocycles. The van der Waals surface area contributed by atoms with Crippen molar-refractivity contribution in [2.45, 2.75) is 71.3 Å². The third kappa shape index (κ3) is 8.06. The van der Waals surface area contributed by atoms with Crippen LogP contribution in [0.25, 0.3) is 0 Å². The number of benzene rings is 2. The molecule has 0 radical (unpaired) electrons. The molecular formula is C26H38BrNO. The van der Waals surface area contributed by atoms with Crippen molar-refractivity contribution < 1.29 is 4.79 Å². The van der Waals surface area contributed by atoms with Gasteiger partial charge in [0.15, 0.2) is 5.78 Å². The molecule has 0 bridgehead atoms. The minimum absolute atomic E-state index is 0.177. The topological polar surface area (TPSA) is 20.3 Å². The van der Waals surface area contributed by atoms with Crippen LogP contribution >= 0.6 is 15.9 Å². The zero-order valence-corrected chi connectivity index (χ0v) is 20.5. The molecule has 0 saturated carbocycles. The van der Waals surface area contributed by atoms with Gasteiger partial charge in [0.25, 0.3) is 0 Å². The Morgan fingerprint density at radius 3 is 1.86 bits per heavy atom. The SMILES string of the molecule is CCC(Cc1ccccc1)(C(=O)c1ccc(Br)cc1)N(C)C.CCCCCCC. The number of unbranched alkanes of at least 4 members (excludes halogenated alkanes) is 4. The number of likely N-dealkylation sites (N-methyl/N-ethyl adjacent to an activating group) is 1. The van der Waals surface area contributed by atoms with Gasteiger partial charge in [-0.15, -0.1) is 0 Å². The molecule has 1 atom stereocenters. The van der Waals surface area contributed by atoms with Gasteiger partial charge in [-0.1, -0.05) is 111 Å². The molecular weight excluding hydrogens is 422 g/mol. The maximum atomic E-state index is 13.2. The molecule has 3 heteroatoms. The number of ketones is 1. The van der Waals surface area contributed by atoms with Gasteiger partial charge >= 0.3 is 0 Å². The van der Waals surface area contributed by atoms with E-state index in [9.17, 15) is 4.79 Å². The second-order valence-electron chi connectivity index (χ2n) is 7.84. The van der Waals surface area contributed by atoms with Crippen molar-refractivity contribution in [3.05, 3.63) is 70.2 Å². The molecule has 0 fully saturated rings. The Morgan fingerprint density at radius 1 is 0.862 bits per heavy atom. The summed E-state index contributed by atoms with van der Waals surface area (Å²) in [5, 5.41) is 0. The number of rotatable bonds is 10. The number of nitrogens with zero attached hydrogens (tertiary/aromatic N) is 1. The minimum Gasteiger partial charge on any atom is -0.297 e. The normalized spacial score (nSPS) is 12.8. The van der Waals surface area contributed by atoms with E-state index in [2.05, 4.69) is 53.7 Å². The first kappa shape index (κ1) is 25.6. The summed E-state index contributed by atoms with van der Waals surface area (Å²) < 4.78 is 0.985. The molecule has 1 unspecified atom stereocenters. The largest absolute Gasteiger partial charge is 0.297 e. The Bertz CT molecular complexity index is 692. The van der Waals surface area contributed by atoms with Gasteiger partial charge in [-0.3, -0.25) is 9.69 Å². The standard InChI is InChI=1S/C19H22BrNO.C7H16/c1-4-19(21(2)3,14-15-8-6-5-7-9-15)18(22)16-10-12-17(20)13-11-16;1-3-5-7-6-4-2/h5-13H,4,14H2,1-3H3;3-7H2,1-2H3. The van der Waals surface area contributed by atoms with Crippen LogP contribution in [0.4, 0.5) is 0 Å². The Labute approximate surface area is 186 Å². The molecule has 2 aromatic rings. The van der Waals surface area contributed by atoms with Gasteiger partial charge in [-0.25, -0.2) is 0 Å². The number of Topliss-reactive ketones (excluding diaryl/α,β-unsaturated/α-hetero) is 1. The Morgan fingerprint density at radius 2 is 1.41 bits per heavy atom. The van der Waals surface area contributed by atoms with Crippen LogP contribution < -0.4 is 0 Å². The average Bonchev–Trinajstić information content (AvgIpc) is 2.73. The highest BCUT2D eigenvalue weighted by Crippen LogP contribution is 2.28. The Kier molecular flexibility index (Phi) is 12.1. The lowest BCUT2D eigenvalue weighted by Gasteiger charge is -2.38. The van der Waals surface area contributed by atoms with Crippen LogP contribution in [0.2, 0.25) is 0 Å². The van der Waals surface area contributed by atoms with Gasteiger partial charge < -0.3 is 0 Å². The van der Waals surface area contributed by atoms with E-state index >= 15 is 0 Å². The van der Waals surface area contributed by atoms with Crippen molar-refractivity contribution >= 4 is 21.7 Å². The predicted octanol–water partition coefficient (Wildman–Crippen LogP) is 7.56. The Hall–Kier alpha value is -1.45. The third-order valence-corrected chi connectivity index (χ3v) is 6.05. The molecule has 0 aliphatic rings. The van der Waals surface area contributed by atoms with Crippen molar-refractivity contribution in [1.29, 1.82) is 0 Å². The molecule has 2 aromatic carbocycles. The molecule has 0 saturated heterocycles. The number of halogens is 1. The minimum atomic E-state index is -0.519. The molecule has 0 heterocycles. The highest BCUT2D eigenvalue weighted by atomic mass is 79.9. The van der Waals surface area contributed by atoms with Crippen LogP contribution in [-0.4, -0.2) is 30.3 Å². The zero-order chi connectivity index (χ0) is 21.7. The van der Waals surface area contributed by atoms with E-state index in [0.717, 1.165) is 16.5 Å². The first-order chi connectivity index (χ1) is 13.9. The molecule has 0 amide bonds.